The number of thiazole rings is 1. The van der Waals surface area contributed by atoms with E-state index in [1.54, 1.807) is 0 Å². The molecule has 1 saturated heterocycles. The van der Waals surface area contributed by atoms with E-state index in [0.29, 0.717) is 22.9 Å². The molecule has 0 atom stereocenters. The molecular weight excluding hydrogens is 274 g/mol. The standard InChI is InChI=1S/C14H23N3O2S/c1-4-11-12(13(18)19)20-14(15-11)17-7-5-16(6-8-17)9-10(2)3/h10H,4-9H2,1-3H3,(H,18,19). The third-order valence-electron chi connectivity index (χ3n) is 3.48. The molecule has 1 aliphatic rings. The Hall–Kier alpha value is -1.14. The fraction of sp³-hybridized carbons (Fsp3) is 0.714. The van der Waals surface area contributed by atoms with E-state index in [-0.39, 0.29) is 0 Å². The Bertz CT molecular complexity index is 465. The summed E-state index contributed by atoms with van der Waals surface area (Å²) in [4.78, 5) is 20.8. The van der Waals surface area contributed by atoms with Crippen LogP contribution in [0.5, 0.6) is 0 Å². The van der Waals surface area contributed by atoms with Crippen molar-refractivity contribution in [2.75, 3.05) is 37.6 Å². The molecule has 1 N–H and O–H groups in total. The van der Waals surface area contributed by atoms with Gasteiger partial charge in [0.15, 0.2) is 5.13 Å². The highest BCUT2D eigenvalue weighted by Gasteiger charge is 2.23. The average Bonchev–Trinajstić information content (AvgIpc) is 2.83. The van der Waals surface area contributed by atoms with E-state index in [1.807, 2.05) is 6.92 Å². The minimum Gasteiger partial charge on any atom is -0.477 e. The normalized spacial score (nSPS) is 16.9. The molecule has 1 aromatic rings. The van der Waals surface area contributed by atoms with Crippen LogP contribution in [0, 0.1) is 5.92 Å². The second-order valence-electron chi connectivity index (χ2n) is 5.61. The minimum absolute atomic E-state index is 0.395. The maximum absolute atomic E-state index is 11.2. The minimum atomic E-state index is -0.857. The van der Waals surface area contributed by atoms with Crippen molar-refractivity contribution < 1.29 is 9.90 Å². The maximum Gasteiger partial charge on any atom is 0.347 e. The van der Waals surface area contributed by atoms with E-state index in [4.69, 9.17) is 0 Å². The van der Waals surface area contributed by atoms with E-state index in [9.17, 15) is 9.90 Å². The van der Waals surface area contributed by atoms with Crippen LogP contribution in [-0.4, -0.2) is 53.7 Å². The summed E-state index contributed by atoms with van der Waals surface area (Å²) in [5.74, 6) is -0.171. The van der Waals surface area contributed by atoms with Crippen LogP contribution in [0.4, 0.5) is 5.13 Å². The van der Waals surface area contributed by atoms with Crippen molar-refractivity contribution in [1.82, 2.24) is 9.88 Å². The number of aromatic carboxylic acids is 1. The number of carboxylic acids is 1. The van der Waals surface area contributed by atoms with Gasteiger partial charge in [0.05, 0.1) is 5.69 Å². The molecular formula is C14H23N3O2S. The van der Waals surface area contributed by atoms with Crippen LogP contribution < -0.4 is 4.90 Å². The summed E-state index contributed by atoms with van der Waals surface area (Å²) in [5, 5.41) is 10.1. The number of hydrogen-bond acceptors (Lipinski definition) is 5. The molecule has 112 valence electrons. The zero-order chi connectivity index (χ0) is 14.7. The Morgan fingerprint density at radius 2 is 2.00 bits per heavy atom. The van der Waals surface area contributed by atoms with Crippen molar-refractivity contribution in [3.8, 4) is 0 Å². The molecule has 0 radical (unpaired) electrons. The molecule has 1 fully saturated rings. The summed E-state index contributed by atoms with van der Waals surface area (Å²) in [6, 6.07) is 0. The maximum atomic E-state index is 11.2. The van der Waals surface area contributed by atoms with Crippen molar-refractivity contribution in [3.63, 3.8) is 0 Å². The van der Waals surface area contributed by atoms with Gasteiger partial charge in [-0.25, -0.2) is 9.78 Å². The summed E-state index contributed by atoms with van der Waals surface area (Å²) in [6.07, 6.45) is 0.672. The number of carboxylic acid groups (broad SMARTS) is 1. The summed E-state index contributed by atoms with van der Waals surface area (Å²) in [7, 11) is 0. The molecule has 2 rings (SSSR count). The van der Waals surface area contributed by atoms with Crippen LogP contribution in [0.15, 0.2) is 0 Å². The first kappa shape index (κ1) is 15.3. The van der Waals surface area contributed by atoms with Gasteiger partial charge in [0, 0.05) is 32.7 Å². The molecule has 0 bridgehead atoms. The van der Waals surface area contributed by atoms with E-state index in [2.05, 4.69) is 28.6 Å². The predicted octanol–water partition coefficient (Wildman–Crippen LogP) is 2.18. The lowest BCUT2D eigenvalue weighted by Crippen LogP contribution is -2.47. The van der Waals surface area contributed by atoms with Gasteiger partial charge in [0.1, 0.15) is 4.88 Å². The van der Waals surface area contributed by atoms with Gasteiger partial charge in [-0.15, -0.1) is 0 Å². The molecule has 0 spiro atoms. The summed E-state index contributed by atoms with van der Waals surface area (Å²) >= 11 is 1.31. The number of carbonyl (C=O) groups is 1. The molecule has 0 amide bonds. The monoisotopic (exact) mass is 297 g/mol. The van der Waals surface area contributed by atoms with Gasteiger partial charge in [0.25, 0.3) is 0 Å². The fourth-order valence-electron chi connectivity index (χ4n) is 2.52. The smallest absolute Gasteiger partial charge is 0.347 e. The van der Waals surface area contributed by atoms with Crippen molar-refractivity contribution in [3.05, 3.63) is 10.6 Å². The molecule has 2 heterocycles. The highest BCUT2D eigenvalue weighted by Crippen LogP contribution is 2.27. The first-order valence-corrected chi connectivity index (χ1v) is 8.03. The lowest BCUT2D eigenvalue weighted by molar-refractivity contribution is 0.0701. The van der Waals surface area contributed by atoms with E-state index >= 15 is 0 Å². The number of rotatable bonds is 5. The Kier molecular flexibility index (Phi) is 4.99. The van der Waals surface area contributed by atoms with Gasteiger partial charge >= 0.3 is 5.97 Å². The highest BCUT2D eigenvalue weighted by atomic mass is 32.1. The second-order valence-corrected chi connectivity index (χ2v) is 6.59. The number of hydrogen-bond donors (Lipinski definition) is 1. The molecule has 0 unspecified atom stereocenters. The average molecular weight is 297 g/mol. The van der Waals surface area contributed by atoms with E-state index in [1.165, 1.54) is 11.3 Å². The highest BCUT2D eigenvalue weighted by molar-refractivity contribution is 7.17. The van der Waals surface area contributed by atoms with Gasteiger partial charge in [0.2, 0.25) is 0 Å². The molecule has 0 saturated carbocycles. The molecule has 0 aromatic carbocycles. The number of aromatic nitrogens is 1. The molecule has 20 heavy (non-hydrogen) atoms. The lowest BCUT2D eigenvalue weighted by atomic mass is 10.2. The third kappa shape index (κ3) is 3.49. The Morgan fingerprint density at radius 1 is 1.35 bits per heavy atom. The Morgan fingerprint density at radius 3 is 2.45 bits per heavy atom. The van der Waals surface area contributed by atoms with Crippen LogP contribution in [-0.2, 0) is 6.42 Å². The van der Waals surface area contributed by atoms with Crippen molar-refractivity contribution in [2.45, 2.75) is 27.2 Å². The fourth-order valence-corrected chi connectivity index (χ4v) is 3.56. The van der Waals surface area contributed by atoms with Gasteiger partial charge in [-0.1, -0.05) is 32.1 Å². The first-order chi connectivity index (χ1) is 9.51. The largest absolute Gasteiger partial charge is 0.477 e. The number of anilines is 1. The molecule has 6 heteroatoms. The number of piperazine rings is 1. The SMILES string of the molecule is CCc1nc(N2CCN(CC(C)C)CC2)sc1C(=O)O. The molecule has 1 aromatic heterocycles. The second kappa shape index (κ2) is 6.54. The van der Waals surface area contributed by atoms with Crippen LogP contribution in [0.2, 0.25) is 0 Å². The van der Waals surface area contributed by atoms with Gasteiger partial charge in [-0.3, -0.25) is 4.90 Å². The molecule has 0 aliphatic carbocycles. The Balaban J connectivity index is 2.02. The van der Waals surface area contributed by atoms with Gasteiger partial charge in [-0.2, -0.15) is 0 Å². The lowest BCUT2D eigenvalue weighted by Gasteiger charge is -2.35. The first-order valence-electron chi connectivity index (χ1n) is 7.21. The van der Waals surface area contributed by atoms with E-state index < -0.39 is 5.97 Å². The summed E-state index contributed by atoms with van der Waals surface area (Å²) < 4.78 is 0. The predicted molar refractivity (Wildman–Crippen MR) is 81.9 cm³/mol. The summed E-state index contributed by atoms with van der Waals surface area (Å²) in [6.45, 7) is 11.5. The summed E-state index contributed by atoms with van der Waals surface area (Å²) in [5.41, 5.74) is 0.710. The molecule has 1 aliphatic heterocycles. The van der Waals surface area contributed by atoms with Crippen molar-refractivity contribution in [1.29, 1.82) is 0 Å². The number of nitrogens with zero attached hydrogens (tertiary/aromatic N) is 3. The van der Waals surface area contributed by atoms with Crippen LogP contribution in [0.1, 0.15) is 36.1 Å². The topological polar surface area (TPSA) is 56.7 Å². The van der Waals surface area contributed by atoms with Crippen LogP contribution >= 0.6 is 11.3 Å². The zero-order valence-corrected chi connectivity index (χ0v) is 13.2. The quantitative estimate of drug-likeness (QED) is 0.903. The zero-order valence-electron chi connectivity index (χ0n) is 12.4. The Labute approximate surface area is 124 Å². The van der Waals surface area contributed by atoms with E-state index in [0.717, 1.165) is 37.9 Å². The van der Waals surface area contributed by atoms with Crippen molar-refractivity contribution >= 4 is 22.4 Å². The van der Waals surface area contributed by atoms with Gasteiger partial charge < -0.3 is 10.0 Å². The van der Waals surface area contributed by atoms with Crippen LogP contribution in [0.25, 0.3) is 0 Å². The number of aryl methyl sites for hydroxylation is 1. The van der Waals surface area contributed by atoms with Crippen LogP contribution in [0.3, 0.4) is 0 Å². The molecule has 5 nitrogen and oxygen atoms in total. The third-order valence-corrected chi connectivity index (χ3v) is 4.63. The van der Waals surface area contributed by atoms with Crippen molar-refractivity contribution in [2.24, 2.45) is 5.92 Å². The van der Waals surface area contributed by atoms with Gasteiger partial charge in [-0.05, 0) is 12.3 Å².